The van der Waals surface area contributed by atoms with Crippen LogP contribution in [0.2, 0.25) is 0 Å². The Labute approximate surface area is 167 Å². The molecule has 0 saturated carbocycles. The second-order valence-corrected chi connectivity index (χ2v) is 6.57. The first kappa shape index (κ1) is 24.3. The third kappa shape index (κ3) is 8.95. The molecule has 160 valence electrons. The third-order valence-electron chi connectivity index (χ3n) is 4.20. The summed E-state index contributed by atoms with van der Waals surface area (Å²) in [6, 6.07) is 3.43. The van der Waals surface area contributed by atoms with Gasteiger partial charge in [-0.25, -0.2) is 8.78 Å². The molecule has 1 rings (SSSR count). The Morgan fingerprint density at radius 3 is 2.29 bits per heavy atom. The zero-order chi connectivity index (χ0) is 20.8. The van der Waals surface area contributed by atoms with Crippen LogP contribution in [0.3, 0.4) is 0 Å². The smallest absolute Gasteiger partial charge is 0.191 e. The molecule has 0 aliphatic carbocycles. The normalized spacial score (nSPS) is 13.0. The lowest BCUT2D eigenvalue weighted by Gasteiger charge is -2.26. The van der Waals surface area contributed by atoms with Crippen LogP contribution in [-0.4, -0.2) is 71.5 Å². The van der Waals surface area contributed by atoms with E-state index < -0.39 is 17.7 Å². The Morgan fingerprint density at radius 1 is 1.07 bits per heavy atom. The van der Waals surface area contributed by atoms with Gasteiger partial charge in [-0.1, -0.05) is 19.4 Å². The van der Waals surface area contributed by atoms with Gasteiger partial charge < -0.3 is 25.0 Å². The fourth-order valence-electron chi connectivity index (χ4n) is 2.60. The van der Waals surface area contributed by atoms with E-state index in [1.54, 1.807) is 26.0 Å². The number of guanidine groups is 1. The minimum atomic E-state index is -0.557. The Hall–Kier alpha value is -1.77. The summed E-state index contributed by atoms with van der Waals surface area (Å²) < 4.78 is 39.2. The van der Waals surface area contributed by atoms with Crippen molar-refractivity contribution in [3.8, 4) is 0 Å². The van der Waals surface area contributed by atoms with Crippen LogP contribution in [0.15, 0.2) is 23.2 Å². The fourth-order valence-corrected chi connectivity index (χ4v) is 2.60. The van der Waals surface area contributed by atoms with Gasteiger partial charge in [0, 0.05) is 32.3 Å². The van der Waals surface area contributed by atoms with Gasteiger partial charge in [-0.2, -0.15) is 0 Å². The predicted molar refractivity (Wildman–Crippen MR) is 109 cm³/mol. The molecule has 0 bridgehead atoms. The quantitative estimate of drug-likeness (QED) is 0.303. The first-order valence-corrected chi connectivity index (χ1v) is 9.71. The van der Waals surface area contributed by atoms with E-state index in [1.807, 2.05) is 0 Å². The molecule has 8 heteroatoms. The van der Waals surface area contributed by atoms with Gasteiger partial charge in [0.05, 0.1) is 25.9 Å². The van der Waals surface area contributed by atoms with Crippen molar-refractivity contribution in [3.63, 3.8) is 0 Å². The van der Waals surface area contributed by atoms with Gasteiger partial charge in [0.15, 0.2) is 5.96 Å². The molecule has 1 aromatic carbocycles. The van der Waals surface area contributed by atoms with Crippen molar-refractivity contribution >= 4 is 5.96 Å². The predicted octanol–water partition coefficient (Wildman–Crippen LogP) is 2.57. The topological polar surface area (TPSA) is 58.1 Å². The van der Waals surface area contributed by atoms with Crippen LogP contribution in [0.5, 0.6) is 0 Å². The molecule has 28 heavy (non-hydrogen) atoms. The second kappa shape index (κ2) is 14.3. The highest BCUT2D eigenvalue weighted by Gasteiger charge is 2.22. The lowest BCUT2D eigenvalue weighted by molar-refractivity contribution is 0.0487. The first-order chi connectivity index (χ1) is 13.5. The van der Waals surface area contributed by atoms with Crippen molar-refractivity contribution < 1.29 is 18.3 Å². The molecule has 0 aromatic heterocycles. The van der Waals surface area contributed by atoms with Crippen LogP contribution < -0.4 is 10.6 Å². The molecular weight excluding hydrogens is 366 g/mol. The number of hydrogen-bond acceptors (Lipinski definition) is 4. The average molecular weight is 401 g/mol. The van der Waals surface area contributed by atoms with Gasteiger partial charge >= 0.3 is 0 Å². The highest BCUT2D eigenvalue weighted by Crippen LogP contribution is 2.23. The van der Waals surface area contributed by atoms with Crippen LogP contribution in [0.25, 0.3) is 0 Å². The molecule has 0 fully saturated rings. The van der Waals surface area contributed by atoms with E-state index in [1.165, 1.54) is 18.2 Å². The summed E-state index contributed by atoms with van der Waals surface area (Å²) >= 11 is 0. The number of rotatable bonds is 13. The lowest BCUT2D eigenvalue weighted by Crippen LogP contribution is -2.43. The number of benzene rings is 1. The number of halogens is 2. The van der Waals surface area contributed by atoms with E-state index in [4.69, 9.17) is 9.47 Å². The third-order valence-corrected chi connectivity index (χ3v) is 4.20. The highest BCUT2D eigenvalue weighted by molar-refractivity contribution is 5.79. The number of unbranched alkanes of at least 4 members (excludes halogenated alkanes) is 1. The number of ether oxygens (including phenoxy) is 2. The molecule has 1 atom stereocenters. The van der Waals surface area contributed by atoms with E-state index in [9.17, 15) is 8.78 Å². The zero-order valence-electron chi connectivity index (χ0n) is 17.4. The highest BCUT2D eigenvalue weighted by atomic mass is 19.1. The van der Waals surface area contributed by atoms with Crippen molar-refractivity contribution in [3.05, 3.63) is 35.4 Å². The maximum atomic E-state index is 14.1. The summed E-state index contributed by atoms with van der Waals surface area (Å²) in [5.41, 5.74) is 0.0434. The molecule has 0 saturated heterocycles. The maximum absolute atomic E-state index is 14.1. The second-order valence-electron chi connectivity index (χ2n) is 6.57. The van der Waals surface area contributed by atoms with Crippen LogP contribution >= 0.6 is 0 Å². The van der Waals surface area contributed by atoms with Gasteiger partial charge in [-0.05, 0) is 32.6 Å². The number of nitrogens with one attached hydrogen (secondary N) is 2. The van der Waals surface area contributed by atoms with Crippen molar-refractivity contribution in [1.29, 1.82) is 0 Å². The number of hydrogen-bond donors (Lipinski definition) is 2. The molecule has 1 aromatic rings. The molecule has 0 aliphatic rings. The van der Waals surface area contributed by atoms with Crippen molar-refractivity contribution in [1.82, 2.24) is 15.5 Å². The van der Waals surface area contributed by atoms with Crippen molar-refractivity contribution in [2.24, 2.45) is 4.99 Å². The molecule has 0 heterocycles. The summed E-state index contributed by atoms with van der Waals surface area (Å²) in [4.78, 5) is 5.90. The molecular formula is C20H34F2N4O2. The van der Waals surface area contributed by atoms with E-state index in [0.29, 0.717) is 38.9 Å². The van der Waals surface area contributed by atoms with Crippen LogP contribution in [0.1, 0.15) is 31.4 Å². The Bertz CT molecular complexity index is 565. The molecule has 0 radical (unpaired) electrons. The summed E-state index contributed by atoms with van der Waals surface area (Å²) in [5, 5.41) is 6.24. The van der Waals surface area contributed by atoms with E-state index in [0.717, 1.165) is 19.4 Å². The minimum Gasteiger partial charge on any atom is -0.379 e. The lowest BCUT2D eigenvalue weighted by atomic mass is 10.0. The molecule has 1 unspecified atom stereocenters. The summed E-state index contributed by atoms with van der Waals surface area (Å²) in [5.74, 6) is -0.567. The molecule has 2 N–H and O–H groups in total. The molecule has 0 amide bonds. The van der Waals surface area contributed by atoms with E-state index >= 15 is 0 Å². The van der Waals surface area contributed by atoms with Gasteiger partial charge in [0.1, 0.15) is 11.6 Å². The van der Waals surface area contributed by atoms with Crippen LogP contribution in [-0.2, 0) is 9.47 Å². The fraction of sp³-hybridized carbons (Fsp3) is 0.650. The zero-order valence-corrected chi connectivity index (χ0v) is 17.4. The molecule has 0 spiro atoms. The largest absolute Gasteiger partial charge is 0.379 e. The standard InChI is InChI=1S/C20H34F2N4O2/c1-5-6-11-27-13-14-28-12-10-24-20(23-2)25-15-18(26(3)4)19-16(21)8-7-9-17(19)22/h7-9,18H,5-6,10-15H2,1-4H3,(H2,23,24,25). The summed E-state index contributed by atoms with van der Waals surface area (Å²) in [6.45, 7) is 5.41. The Balaban J connectivity index is 2.37. The molecule has 0 aliphatic heterocycles. The van der Waals surface area contributed by atoms with E-state index in [2.05, 4.69) is 22.5 Å². The summed E-state index contributed by atoms with van der Waals surface area (Å²) in [6.07, 6.45) is 2.18. The number of likely N-dealkylation sites (N-methyl/N-ethyl adjacent to an activating group) is 1. The monoisotopic (exact) mass is 400 g/mol. The maximum Gasteiger partial charge on any atom is 0.191 e. The van der Waals surface area contributed by atoms with Gasteiger partial charge in [0.25, 0.3) is 0 Å². The van der Waals surface area contributed by atoms with Crippen molar-refractivity contribution in [2.45, 2.75) is 25.8 Å². The minimum absolute atomic E-state index is 0.0434. The Kier molecular flexibility index (Phi) is 12.4. The van der Waals surface area contributed by atoms with Crippen LogP contribution in [0.4, 0.5) is 8.78 Å². The van der Waals surface area contributed by atoms with Gasteiger partial charge in [0.2, 0.25) is 0 Å². The Morgan fingerprint density at radius 2 is 1.71 bits per heavy atom. The summed E-state index contributed by atoms with van der Waals surface area (Å²) in [7, 11) is 5.21. The van der Waals surface area contributed by atoms with Crippen molar-refractivity contribution in [2.75, 3.05) is 60.7 Å². The van der Waals surface area contributed by atoms with Gasteiger partial charge in [-0.15, -0.1) is 0 Å². The van der Waals surface area contributed by atoms with Gasteiger partial charge in [-0.3, -0.25) is 4.99 Å². The SMILES string of the molecule is CCCCOCCOCCNC(=NC)NCC(c1c(F)cccc1F)N(C)C. The first-order valence-electron chi connectivity index (χ1n) is 9.71. The molecule has 6 nitrogen and oxygen atoms in total. The van der Waals surface area contributed by atoms with E-state index in [-0.39, 0.29) is 5.56 Å². The average Bonchev–Trinajstić information content (AvgIpc) is 2.66. The van der Waals surface area contributed by atoms with Crippen LogP contribution in [0, 0.1) is 11.6 Å². The number of nitrogens with zero attached hydrogens (tertiary/aromatic N) is 2. The number of aliphatic imine (C=N–C) groups is 1.